The Labute approximate surface area is 125 Å². The first-order chi connectivity index (χ1) is 10.2. The van der Waals surface area contributed by atoms with Crippen LogP contribution in [0.2, 0.25) is 0 Å². The normalized spacial score (nSPS) is 19.1. The molecule has 0 bridgehead atoms. The Kier molecular flexibility index (Phi) is 5.91. The van der Waals surface area contributed by atoms with E-state index in [-0.39, 0.29) is 11.4 Å². The van der Waals surface area contributed by atoms with E-state index in [2.05, 4.69) is 11.9 Å². The lowest BCUT2D eigenvalue weighted by Gasteiger charge is -2.39. The van der Waals surface area contributed by atoms with Crippen molar-refractivity contribution in [2.75, 3.05) is 19.8 Å². The van der Waals surface area contributed by atoms with Gasteiger partial charge in [0.25, 0.3) is 0 Å². The van der Waals surface area contributed by atoms with Crippen LogP contribution >= 0.6 is 0 Å². The molecule has 0 radical (unpaired) electrons. The molecular weight excluding hydrogens is 269 g/mol. The second-order valence-corrected chi connectivity index (χ2v) is 5.60. The summed E-state index contributed by atoms with van der Waals surface area (Å²) in [5.41, 5.74) is 0.823. The summed E-state index contributed by atoms with van der Waals surface area (Å²) in [6, 6.07) is 6.62. The molecule has 3 nitrogen and oxygen atoms in total. The predicted octanol–water partition coefficient (Wildman–Crippen LogP) is 2.75. The molecular formula is C17H24FNO2. The van der Waals surface area contributed by atoms with Gasteiger partial charge in [-0.05, 0) is 43.4 Å². The molecule has 4 heteroatoms. The van der Waals surface area contributed by atoms with Gasteiger partial charge in [0.1, 0.15) is 5.82 Å². The van der Waals surface area contributed by atoms with Crippen LogP contribution < -0.4 is 5.32 Å². The van der Waals surface area contributed by atoms with Crippen LogP contribution in [-0.2, 0) is 10.3 Å². The van der Waals surface area contributed by atoms with Gasteiger partial charge in [-0.2, -0.15) is 0 Å². The van der Waals surface area contributed by atoms with Gasteiger partial charge < -0.3 is 15.2 Å². The molecule has 1 atom stereocenters. The molecule has 0 aliphatic carbocycles. The first kappa shape index (κ1) is 16.1. The molecule has 0 aromatic heterocycles. The number of rotatable bonds is 7. The average molecular weight is 293 g/mol. The minimum atomic E-state index is -0.400. The maximum Gasteiger partial charge on any atom is 0.123 e. The fourth-order valence-corrected chi connectivity index (χ4v) is 2.78. The molecule has 1 aliphatic rings. The first-order valence-electron chi connectivity index (χ1n) is 7.54. The third kappa shape index (κ3) is 4.37. The molecule has 0 amide bonds. The third-order valence-electron chi connectivity index (χ3n) is 4.12. The van der Waals surface area contributed by atoms with E-state index in [1.54, 1.807) is 0 Å². The molecule has 2 N–H and O–H groups in total. The van der Waals surface area contributed by atoms with Gasteiger partial charge in [-0.3, -0.25) is 0 Å². The number of aliphatic hydroxyl groups is 1. The summed E-state index contributed by atoms with van der Waals surface area (Å²) in [6.45, 7) is 5.54. The predicted molar refractivity (Wildman–Crippen MR) is 81.6 cm³/mol. The standard InChI is InChI=1S/C17H24FNO2/c1-2-3-4-16(20)13-19-17(9-11-21-12-10-17)14-5-7-15(18)8-6-14/h2,5-8,16,19-20H,1,3-4,9-13H2. The minimum absolute atomic E-state index is 0.230. The molecule has 21 heavy (non-hydrogen) atoms. The summed E-state index contributed by atoms with van der Waals surface area (Å²) < 4.78 is 18.6. The van der Waals surface area contributed by atoms with Crippen molar-refractivity contribution >= 4 is 0 Å². The Bertz CT molecular complexity index is 441. The molecule has 2 rings (SSSR count). The summed E-state index contributed by atoms with van der Waals surface area (Å²) in [7, 11) is 0. The highest BCUT2D eigenvalue weighted by molar-refractivity contribution is 5.25. The molecule has 1 aliphatic heterocycles. The maximum absolute atomic E-state index is 13.1. The topological polar surface area (TPSA) is 41.5 Å². The van der Waals surface area contributed by atoms with Crippen molar-refractivity contribution in [1.82, 2.24) is 5.32 Å². The van der Waals surface area contributed by atoms with Crippen LogP contribution in [0.25, 0.3) is 0 Å². The Morgan fingerprint density at radius 2 is 2.00 bits per heavy atom. The lowest BCUT2D eigenvalue weighted by Crippen LogP contribution is -2.49. The smallest absolute Gasteiger partial charge is 0.123 e. The number of benzene rings is 1. The van der Waals surface area contributed by atoms with Gasteiger partial charge in [-0.1, -0.05) is 18.2 Å². The molecule has 0 spiro atoms. The Hall–Kier alpha value is -1.23. The molecule has 0 saturated carbocycles. The molecule has 1 aromatic carbocycles. The van der Waals surface area contributed by atoms with Gasteiger partial charge in [0.15, 0.2) is 0 Å². The summed E-state index contributed by atoms with van der Waals surface area (Å²) in [5, 5.41) is 13.5. The highest BCUT2D eigenvalue weighted by atomic mass is 19.1. The molecule has 1 heterocycles. The zero-order valence-electron chi connectivity index (χ0n) is 12.4. The lowest BCUT2D eigenvalue weighted by atomic mass is 9.82. The number of nitrogens with one attached hydrogen (secondary N) is 1. The van der Waals surface area contributed by atoms with Gasteiger partial charge in [-0.25, -0.2) is 4.39 Å². The van der Waals surface area contributed by atoms with E-state index >= 15 is 0 Å². The zero-order valence-corrected chi connectivity index (χ0v) is 12.4. The summed E-state index contributed by atoms with van der Waals surface area (Å²) >= 11 is 0. The van der Waals surface area contributed by atoms with Crippen LogP contribution in [0, 0.1) is 5.82 Å². The van der Waals surface area contributed by atoms with Crippen molar-refractivity contribution < 1.29 is 14.2 Å². The van der Waals surface area contributed by atoms with Gasteiger partial charge >= 0.3 is 0 Å². The van der Waals surface area contributed by atoms with Crippen molar-refractivity contribution in [3.8, 4) is 0 Å². The fraction of sp³-hybridized carbons (Fsp3) is 0.529. The van der Waals surface area contributed by atoms with E-state index in [0.29, 0.717) is 26.2 Å². The van der Waals surface area contributed by atoms with E-state index < -0.39 is 6.10 Å². The number of allylic oxidation sites excluding steroid dienone is 1. The number of hydrogen-bond donors (Lipinski definition) is 2. The second-order valence-electron chi connectivity index (χ2n) is 5.60. The summed E-state index contributed by atoms with van der Waals surface area (Å²) in [4.78, 5) is 0. The maximum atomic E-state index is 13.1. The van der Waals surface area contributed by atoms with E-state index in [0.717, 1.165) is 24.8 Å². The zero-order chi connectivity index (χ0) is 15.1. The van der Waals surface area contributed by atoms with E-state index in [4.69, 9.17) is 4.74 Å². The van der Waals surface area contributed by atoms with Gasteiger partial charge in [0.2, 0.25) is 0 Å². The van der Waals surface area contributed by atoms with Crippen molar-refractivity contribution in [2.45, 2.75) is 37.3 Å². The van der Waals surface area contributed by atoms with Crippen molar-refractivity contribution in [3.05, 3.63) is 48.3 Å². The molecule has 1 saturated heterocycles. The largest absolute Gasteiger partial charge is 0.392 e. The van der Waals surface area contributed by atoms with Crippen molar-refractivity contribution in [2.24, 2.45) is 0 Å². The van der Waals surface area contributed by atoms with Gasteiger partial charge in [-0.15, -0.1) is 6.58 Å². The Balaban J connectivity index is 2.06. The third-order valence-corrected chi connectivity index (χ3v) is 4.12. The summed E-state index contributed by atoms with van der Waals surface area (Å²) in [6.07, 6.45) is 4.57. The number of aliphatic hydroxyl groups excluding tert-OH is 1. The van der Waals surface area contributed by atoms with Crippen LogP contribution in [0.3, 0.4) is 0 Å². The van der Waals surface area contributed by atoms with E-state index in [1.807, 2.05) is 18.2 Å². The Morgan fingerprint density at radius 3 is 2.62 bits per heavy atom. The van der Waals surface area contributed by atoms with Crippen molar-refractivity contribution in [1.29, 1.82) is 0 Å². The number of halogens is 1. The molecule has 1 fully saturated rings. The monoisotopic (exact) mass is 293 g/mol. The Morgan fingerprint density at radius 1 is 1.33 bits per heavy atom. The van der Waals surface area contributed by atoms with Crippen LogP contribution in [0.4, 0.5) is 4.39 Å². The molecule has 1 aromatic rings. The number of hydrogen-bond acceptors (Lipinski definition) is 3. The van der Waals surface area contributed by atoms with E-state index in [1.165, 1.54) is 12.1 Å². The average Bonchev–Trinajstić information content (AvgIpc) is 2.52. The highest BCUT2D eigenvalue weighted by Gasteiger charge is 2.34. The molecule has 116 valence electrons. The quantitative estimate of drug-likeness (QED) is 0.760. The minimum Gasteiger partial charge on any atom is -0.392 e. The fourth-order valence-electron chi connectivity index (χ4n) is 2.78. The second kappa shape index (κ2) is 7.69. The van der Waals surface area contributed by atoms with Crippen LogP contribution in [-0.4, -0.2) is 31.0 Å². The first-order valence-corrected chi connectivity index (χ1v) is 7.54. The SMILES string of the molecule is C=CCCC(O)CNC1(c2ccc(F)cc2)CCOCC1. The van der Waals surface area contributed by atoms with Gasteiger partial charge in [0, 0.05) is 25.3 Å². The van der Waals surface area contributed by atoms with Crippen LogP contribution in [0.15, 0.2) is 36.9 Å². The lowest BCUT2D eigenvalue weighted by molar-refractivity contribution is 0.0295. The molecule has 1 unspecified atom stereocenters. The van der Waals surface area contributed by atoms with Crippen LogP contribution in [0.1, 0.15) is 31.2 Å². The number of ether oxygens (including phenoxy) is 1. The highest BCUT2D eigenvalue weighted by Crippen LogP contribution is 2.32. The van der Waals surface area contributed by atoms with Crippen molar-refractivity contribution in [3.63, 3.8) is 0 Å². The van der Waals surface area contributed by atoms with Crippen LogP contribution in [0.5, 0.6) is 0 Å². The van der Waals surface area contributed by atoms with Gasteiger partial charge in [0.05, 0.1) is 6.10 Å². The van der Waals surface area contributed by atoms with E-state index in [9.17, 15) is 9.50 Å². The summed E-state index contributed by atoms with van der Waals surface area (Å²) in [5.74, 6) is -0.230.